The van der Waals surface area contributed by atoms with Crippen molar-refractivity contribution in [1.82, 2.24) is 25.5 Å². The number of aromatic amines is 1. The van der Waals surface area contributed by atoms with Gasteiger partial charge in [0.15, 0.2) is 0 Å². The number of nitrogens with one attached hydrogen (secondary N) is 1. The maximum absolute atomic E-state index is 5.37. The van der Waals surface area contributed by atoms with Crippen LogP contribution in [0.25, 0.3) is 0 Å². The zero-order valence-corrected chi connectivity index (χ0v) is 8.21. The number of rotatable bonds is 3. The fourth-order valence-electron chi connectivity index (χ4n) is 0.836. The number of hydrogen-bond donors (Lipinski definition) is 2. The monoisotopic (exact) mass is 212 g/mol. The minimum atomic E-state index is 0.308. The van der Waals surface area contributed by atoms with Gasteiger partial charge in [-0.05, 0) is 6.92 Å². The third kappa shape index (κ3) is 1.84. The smallest absolute Gasteiger partial charge is 0.216 e. The highest BCUT2D eigenvalue weighted by molar-refractivity contribution is 7.98. The number of anilines is 1. The molecule has 7 nitrogen and oxygen atoms in total. The summed E-state index contributed by atoms with van der Waals surface area (Å²) >= 11 is 1.42. The van der Waals surface area contributed by atoms with Crippen LogP contribution in [0.3, 0.4) is 0 Å². The Morgan fingerprint density at radius 3 is 2.93 bits per heavy atom. The number of nitrogens with zero attached hydrogens (tertiary/aromatic N) is 4. The van der Waals surface area contributed by atoms with Crippen molar-refractivity contribution in [3.05, 3.63) is 11.4 Å². The number of thioether (sulfide) groups is 1. The van der Waals surface area contributed by atoms with Crippen LogP contribution in [0, 0.1) is 6.92 Å². The Balaban J connectivity index is 1.98. The molecule has 0 radical (unpaired) electrons. The second-order valence-corrected chi connectivity index (χ2v) is 3.53. The summed E-state index contributed by atoms with van der Waals surface area (Å²) in [4.78, 5) is 3.94. The van der Waals surface area contributed by atoms with Crippen LogP contribution in [0.2, 0.25) is 0 Å². The second kappa shape index (κ2) is 3.66. The standard InChI is InChI=1S/C6H8N6OS/c1-3-4(12-13-11-3)2-14-6-8-5(7)9-10-6/h2H2,1H3,(H3,7,8,9,10). The lowest BCUT2D eigenvalue weighted by Crippen LogP contribution is -1.86. The van der Waals surface area contributed by atoms with E-state index in [1.807, 2.05) is 6.92 Å². The van der Waals surface area contributed by atoms with E-state index in [4.69, 9.17) is 5.73 Å². The highest BCUT2D eigenvalue weighted by Gasteiger charge is 2.07. The first kappa shape index (κ1) is 9.00. The fourth-order valence-corrected chi connectivity index (χ4v) is 1.64. The lowest BCUT2D eigenvalue weighted by atomic mass is 10.4. The van der Waals surface area contributed by atoms with Crippen molar-refractivity contribution in [3.8, 4) is 0 Å². The lowest BCUT2D eigenvalue weighted by molar-refractivity contribution is 0.302. The van der Waals surface area contributed by atoms with Crippen molar-refractivity contribution in [2.75, 3.05) is 5.73 Å². The third-order valence-electron chi connectivity index (χ3n) is 1.57. The van der Waals surface area contributed by atoms with E-state index in [-0.39, 0.29) is 0 Å². The van der Waals surface area contributed by atoms with Gasteiger partial charge in [0.2, 0.25) is 11.1 Å². The average molecular weight is 212 g/mol. The van der Waals surface area contributed by atoms with Crippen LogP contribution in [0.1, 0.15) is 11.4 Å². The van der Waals surface area contributed by atoms with E-state index in [1.165, 1.54) is 11.8 Å². The Labute approximate surface area is 83.4 Å². The molecule has 0 atom stereocenters. The number of nitrogens with two attached hydrogens (primary N) is 1. The van der Waals surface area contributed by atoms with Gasteiger partial charge in [0.25, 0.3) is 0 Å². The quantitative estimate of drug-likeness (QED) is 0.708. The highest BCUT2D eigenvalue weighted by Crippen LogP contribution is 2.19. The Kier molecular flexibility index (Phi) is 2.35. The van der Waals surface area contributed by atoms with Crippen molar-refractivity contribution in [3.63, 3.8) is 0 Å². The second-order valence-electron chi connectivity index (χ2n) is 2.59. The molecule has 0 amide bonds. The van der Waals surface area contributed by atoms with Gasteiger partial charge in [0.05, 0.1) is 0 Å². The number of H-pyrrole nitrogens is 1. The van der Waals surface area contributed by atoms with E-state index in [2.05, 4.69) is 30.1 Å². The van der Waals surface area contributed by atoms with Crippen molar-refractivity contribution < 1.29 is 4.63 Å². The number of aryl methyl sites for hydroxylation is 1. The number of hydrogen-bond acceptors (Lipinski definition) is 7. The average Bonchev–Trinajstić information content (AvgIpc) is 2.72. The number of aromatic nitrogens is 5. The summed E-state index contributed by atoms with van der Waals surface area (Å²) in [6.45, 7) is 1.83. The summed E-state index contributed by atoms with van der Waals surface area (Å²) < 4.78 is 4.55. The zero-order chi connectivity index (χ0) is 9.97. The van der Waals surface area contributed by atoms with Crippen LogP contribution in [-0.2, 0) is 5.75 Å². The van der Waals surface area contributed by atoms with Gasteiger partial charge >= 0.3 is 0 Å². The normalized spacial score (nSPS) is 10.6. The Hall–Kier alpha value is -1.57. The maximum atomic E-state index is 5.37. The molecule has 2 aromatic heterocycles. The lowest BCUT2D eigenvalue weighted by Gasteiger charge is -1.90. The topological polar surface area (TPSA) is 107 Å². The van der Waals surface area contributed by atoms with Crippen molar-refractivity contribution in [1.29, 1.82) is 0 Å². The molecule has 14 heavy (non-hydrogen) atoms. The van der Waals surface area contributed by atoms with Crippen molar-refractivity contribution in [2.45, 2.75) is 17.8 Å². The van der Waals surface area contributed by atoms with E-state index in [1.54, 1.807) is 0 Å². The van der Waals surface area contributed by atoms with Gasteiger partial charge in [-0.15, -0.1) is 5.10 Å². The first-order valence-electron chi connectivity index (χ1n) is 3.84. The summed E-state index contributed by atoms with van der Waals surface area (Å²) in [5.41, 5.74) is 6.94. The Morgan fingerprint density at radius 1 is 1.50 bits per heavy atom. The molecule has 0 aliphatic heterocycles. The van der Waals surface area contributed by atoms with Gasteiger partial charge in [0.1, 0.15) is 11.4 Å². The predicted octanol–water partition coefficient (Wildman–Crippen LogP) is 0.371. The Bertz CT molecular complexity index is 423. The summed E-state index contributed by atoms with van der Waals surface area (Å²) in [5.74, 6) is 0.926. The fraction of sp³-hybridized carbons (Fsp3) is 0.333. The highest BCUT2D eigenvalue weighted by atomic mass is 32.2. The summed E-state index contributed by atoms with van der Waals surface area (Å²) in [5, 5.41) is 14.4. The molecule has 8 heteroatoms. The van der Waals surface area contributed by atoms with Crippen LogP contribution in [-0.4, -0.2) is 25.5 Å². The van der Waals surface area contributed by atoms with Crippen molar-refractivity contribution >= 4 is 17.7 Å². The summed E-state index contributed by atoms with van der Waals surface area (Å²) in [6.07, 6.45) is 0. The van der Waals surface area contributed by atoms with Gasteiger partial charge in [0, 0.05) is 5.75 Å². The van der Waals surface area contributed by atoms with Crippen LogP contribution in [0.4, 0.5) is 5.95 Å². The molecule has 0 aliphatic rings. The molecule has 0 aliphatic carbocycles. The van der Waals surface area contributed by atoms with Gasteiger partial charge in [-0.1, -0.05) is 22.1 Å². The third-order valence-corrected chi connectivity index (χ3v) is 2.43. The first-order valence-corrected chi connectivity index (χ1v) is 4.83. The van der Waals surface area contributed by atoms with E-state index in [0.717, 1.165) is 11.4 Å². The van der Waals surface area contributed by atoms with E-state index in [0.29, 0.717) is 16.9 Å². The van der Waals surface area contributed by atoms with Gasteiger partial charge in [-0.3, -0.25) is 0 Å². The molecule has 0 saturated carbocycles. The molecule has 2 rings (SSSR count). The molecule has 2 heterocycles. The molecule has 3 N–H and O–H groups in total. The van der Waals surface area contributed by atoms with Crippen molar-refractivity contribution in [2.24, 2.45) is 0 Å². The largest absolute Gasteiger partial charge is 0.368 e. The zero-order valence-electron chi connectivity index (χ0n) is 7.39. The van der Waals surface area contributed by atoms with Gasteiger partial charge in [-0.2, -0.15) is 4.98 Å². The van der Waals surface area contributed by atoms with Gasteiger partial charge in [-0.25, -0.2) is 9.73 Å². The summed E-state index contributed by atoms with van der Waals surface area (Å²) in [7, 11) is 0. The molecule has 74 valence electrons. The molecule has 0 spiro atoms. The van der Waals surface area contributed by atoms with Crippen LogP contribution in [0.15, 0.2) is 9.79 Å². The molecule has 0 aromatic carbocycles. The molecular weight excluding hydrogens is 204 g/mol. The van der Waals surface area contributed by atoms with E-state index < -0.39 is 0 Å². The SMILES string of the molecule is Cc1nonc1CSc1n[nH]c(N)n1. The molecular formula is C6H8N6OS. The minimum absolute atomic E-state index is 0.308. The molecule has 2 aromatic rings. The Morgan fingerprint density at radius 2 is 2.36 bits per heavy atom. The first-order chi connectivity index (χ1) is 6.75. The van der Waals surface area contributed by atoms with Gasteiger partial charge < -0.3 is 5.73 Å². The molecule has 0 fully saturated rings. The molecule has 0 saturated heterocycles. The maximum Gasteiger partial charge on any atom is 0.216 e. The van der Waals surface area contributed by atoms with Crippen LogP contribution >= 0.6 is 11.8 Å². The van der Waals surface area contributed by atoms with Crippen LogP contribution < -0.4 is 5.73 Å². The molecule has 0 bridgehead atoms. The number of nitrogen functional groups attached to an aromatic ring is 1. The van der Waals surface area contributed by atoms with Crippen LogP contribution in [0.5, 0.6) is 0 Å². The van der Waals surface area contributed by atoms with E-state index in [9.17, 15) is 0 Å². The molecule has 0 unspecified atom stereocenters. The predicted molar refractivity (Wildman–Crippen MR) is 49.4 cm³/mol. The summed E-state index contributed by atoms with van der Waals surface area (Å²) in [6, 6.07) is 0. The van der Waals surface area contributed by atoms with E-state index >= 15 is 0 Å². The minimum Gasteiger partial charge on any atom is -0.368 e.